The molecule has 0 spiro atoms. The zero-order chi connectivity index (χ0) is 13.9. The van der Waals surface area contributed by atoms with Gasteiger partial charge in [0.1, 0.15) is 0 Å². The average Bonchev–Trinajstić information content (AvgIpc) is 2.43. The maximum Gasteiger partial charge on any atom is 0.157 e. The summed E-state index contributed by atoms with van der Waals surface area (Å²) < 4.78 is 6.03. The van der Waals surface area contributed by atoms with Crippen molar-refractivity contribution in [2.45, 2.75) is 71.1 Å². The van der Waals surface area contributed by atoms with Gasteiger partial charge in [0.2, 0.25) is 0 Å². The van der Waals surface area contributed by atoms with Crippen LogP contribution in [0.5, 0.6) is 0 Å². The van der Waals surface area contributed by atoms with Crippen LogP contribution in [0.4, 0.5) is 0 Å². The molecule has 2 heterocycles. The van der Waals surface area contributed by atoms with Gasteiger partial charge in [0.25, 0.3) is 0 Å². The molecule has 2 aliphatic rings. The van der Waals surface area contributed by atoms with E-state index < -0.39 is 0 Å². The Balaban J connectivity index is 1.94. The van der Waals surface area contributed by atoms with E-state index in [1.165, 1.54) is 5.75 Å². The molecule has 3 nitrogen and oxygen atoms in total. The maximum absolute atomic E-state index is 6.03. The van der Waals surface area contributed by atoms with Crippen molar-refractivity contribution in [2.75, 3.05) is 12.4 Å². The van der Waals surface area contributed by atoms with E-state index in [-0.39, 0.29) is 5.60 Å². The molecule has 110 valence electrons. The van der Waals surface area contributed by atoms with Crippen LogP contribution in [0.1, 0.15) is 53.4 Å². The first-order chi connectivity index (χ1) is 9.08. The van der Waals surface area contributed by atoms with Gasteiger partial charge >= 0.3 is 0 Å². The third-order valence-electron chi connectivity index (χ3n) is 4.74. The van der Waals surface area contributed by atoms with E-state index in [9.17, 15) is 0 Å². The van der Waals surface area contributed by atoms with Gasteiger partial charge in [-0.2, -0.15) is 0 Å². The second kappa shape index (κ2) is 6.49. The van der Waals surface area contributed by atoms with Gasteiger partial charge in [-0.1, -0.05) is 32.5 Å². The molecule has 4 heteroatoms. The number of rotatable bonds is 3. The second-order valence-corrected chi connectivity index (χ2v) is 7.04. The lowest BCUT2D eigenvalue weighted by Crippen LogP contribution is -2.48. The van der Waals surface area contributed by atoms with Crippen LogP contribution < -0.4 is 5.32 Å². The molecule has 0 aromatic heterocycles. The molecule has 2 aliphatic heterocycles. The number of aliphatic imine (C=N–C) groups is 1. The highest BCUT2D eigenvalue weighted by Gasteiger charge is 2.35. The van der Waals surface area contributed by atoms with Crippen LogP contribution in [0, 0.1) is 5.92 Å². The SMILES string of the molecule is CCC1(CC)CC(NC2=NC(C)C(C)CS2)CCO1. The number of hydrogen-bond donors (Lipinski definition) is 1. The predicted molar refractivity (Wildman–Crippen MR) is 83.9 cm³/mol. The van der Waals surface area contributed by atoms with Crippen molar-refractivity contribution < 1.29 is 4.74 Å². The van der Waals surface area contributed by atoms with E-state index in [2.05, 4.69) is 33.0 Å². The van der Waals surface area contributed by atoms with E-state index in [4.69, 9.17) is 9.73 Å². The monoisotopic (exact) mass is 284 g/mol. The molecule has 1 N–H and O–H groups in total. The highest BCUT2D eigenvalue weighted by Crippen LogP contribution is 2.32. The standard InChI is InChI=1S/C15H28N2OS/c1-5-15(6-2)9-13(7-8-18-15)17-14-16-12(4)11(3)10-19-14/h11-13H,5-10H2,1-4H3,(H,16,17). The summed E-state index contributed by atoms with van der Waals surface area (Å²) >= 11 is 1.88. The first-order valence-corrected chi connectivity index (χ1v) is 8.68. The van der Waals surface area contributed by atoms with Gasteiger partial charge in [-0.25, -0.2) is 0 Å². The Hall–Kier alpha value is -0.220. The van der Waals surface area contributed by atoms with E-state index in [1.54, 1.807) is 0 Å². The fraction of sp³-hybridized carbons (Fsp3) is 0.933. The van der Waals surface area contributed by atoms with Crippen LogP contribution in [-0.4, -0.2) is 35.2 Å². The van der Waals surface area contributed by atoms with Crippen molar-refractivity contribution >= 4 is 16.9 Å². The topological polar surface area (TPSA) is 33.6 Å². The molecule has 0 aromatic carbocycles. The Kier molecular flexibility index (Phi) is 5.18. The van der Waals surface area contributed by atoms with Crippen molar-refractivity contribution in [1.82, 2.24) is 5.32 Å². The van der Waals surface area contributed by atoms with Crippen LogP contribution in [0.15, 0.2) is 4.99 Å². The first-order valence-electron chi connectivity index (χ1n) is 7.69. The molecule has 0 saturated carbocycles. The van der Waals surface area contributed by atoms with Crippen LogP contribution in [-0.2, 0) is 4.74 Å². The van der Waals surface area contributed by atoms with Crippen LogP contribution in [0.2, 0.25) is 0 Å². The van der Waals surface area contributed by atoms with Crippen molar-refractivity contribution in [3.8, 4) is 0 Å². The molecule has 0 amide bonds. The minimum atomic E-state index is 0.0920. The quantitative estimate of drug-likeness (QED) is 0.862. The Morgan fingerprint density at radius 2 is 2.11 bits per heavy atom. The Bertz CT molecular complexity index is 328. The summed E-state index contributed by atoms with van der Waals surface area (Å²) in [6.45, 7) is 9.86. The van der Waals surface area contributed by atoms with Gasteiger partial charge in [0, 0.05) is 18.4 Å². The zero-order valence-electron chi connectivity index (χ0n) is 12.7. The van der Waals surface area contributed by atoms with Crippen molar-refractivity contribution in [3.05, 3.63) is 0 Å². The Morgan fingerprint density at radius 3 is 2.74 bits per heavy atom. The fourth-order valence-corrected chi connectivity index (χ4v) is 4.04. The van der Waals surface area contributed by atoms with Gasteiger partial charge in [0.15, 0.2) is 5.17 Å². The highest BCUT2D eigenvalue weighted by atomic mass is 32.2. The molecule has 1 fully saturated rings. The molecular weight excluding hydrogens is 256 g/mol. The number of thioether (sulfide) groups is 1. The molecule has 3 atom stereocenters. The van der Waals surface area contributed by atoms with Crippen LogP contribution >= 0.6 is 11.8 Å². The molecule has 0 bridgehead atoms. The number of hydrogen-bond acceptors (Lipinski definition) is 4. The summed E-state index contributed by atoms with van der Waals surface area (Å²) in [5.74, 6) is 1.87. The maximum atomic E-state index is 6.03. The summed E-state index contributed by atoms with van der Waals surface area (Å²) in [4.78, 5) is 4.78. The van der Waals surface area contributed by atoms with Gasteiger partial charge in [-0.05, 0) is 38.5 Å². The number of nitrogens with one attached hydrogen (secondary N) is 1. The summed E-state index contributed by atoms with van der Waals surface area (Å²) in [6, 6.07) is 0.978. The summed E-state index contributed by atoms with van der Waals surface area (Å²) in [7, 11) is 0. The summed E-state index contributed by atoms with van der Waals surface area (Å²) in [5, 5.41) is 4.82. The highest BCUT2D eigenvalue weighted by molar-refractivity contribution is 8.13. The third kappa shape index (κ3) is 3.66. The second-order valence-electron chi connectivity index (χ2n) is 6.04. The lowest BCUT2D eigenvalue weighted by molar-refractivity contribution is -0.0909. The molecule has 19 heavy (non-hydrogen) atoms. The summed E-state index contributed by atoms with van der Waals surface area (Å²) in [5.41, 5.74) is 0.0920. The lowest BCUT2D eigenvalue weighted by Gasteiger charge is -2.41. The predicted octanol–water partition coefficient (Wildman–Crippen LogP) is 3.44. The third-order valence-corrected chi connectivity index (χ3v) is 5.93. The first kappa shape index (κ1) is 15.2. The Morgan fingerprint density at radius 1 is 1.37 bits per heavy atom. The molecule has 0 radical (unpaired) electrons. The van der Waals surface area contributed by atoms with Gasteiger partial charge in [-0.15, -0.1) is 0 Å². The fourth-order valence-electron chi connectivity index (χ4n) is 2.85. The minimum absolute atomic E-state index is 0.0920. The van der Waals surface area contributed by atoms with Crippen LogP contribution in [0.3, 0.4) is 0 Å². The Labute approximate surface area is 122 Å². The van der Waals surface area contributed by atoms with E-state index in [0.29, 0.717) is 18.0 Å². The zero-order valence-corrected chi connectivity index (χ0v) is 13.6. The lowest BCUT2D eigenvalue weighted by atomic mass is 9.86. The molecule has 3 unspecified atom stereocenters. The molecule has 1 saturated heterocycles. The molecule has 0 aliphatic carbocycles. The van der Waals surface area contributed by atoms with Crippen molar-refractivity contribution in [2.24, 2.45) is 10.9 Å². The number of nitrogens with zero attached hydrogens (tertiary/aromatic N) is 1. The van der Waals surface area contributed by atoms with E-state index in [0.717, 1.165) is 37.5 Å². The van der Waals surface area contributed by atoms with E-state index >= 15 is 0 Å². The molecule has 2 rings (SSSR count). The molecule has 0 aromatic rings. The van der Waals surface area contributed by atoms with E-state index in [1.807, 2.05) is 11.8 Å². The van der Waals surface area contributed by atoms with Gasteiger partial charge < -0.3 is 10.1 Å². The smallest absolute Gasteiger partial charge is 0.157 e. The van der Waals surface area contributed by atoms with Gasteiger partial charge in [-0.3, -0.25) is 4.99 Å². The normalized spacial score (nSPS) is 34.7. The summed E-state index contributed by atoms with van der Waals surface area (Å²) in [6.07, 6.45) is 4.43. The van der Waals surface area contributed by atoms with Crippen LogP contribution in [0.25, 0.3) is 0 Å². The number of amidine groups is 1. The number of ether oxygens (including phenoxy) is 1. The average molecular weight is 284 g/mol. The molecular formula is C15H28N2OS. The van der Waals surface area contributed by atoms with Gasteiger partial charge in [0.05, 0.1) is 11.6 Å². The largest absolute Gasteiger partial charge is 0.375 e. The van der Waals surface area contributed by atoms with Crippen molar-refractivity contribution in [3.63, 3.8) is 0 Å². The minimum Gasteiger partial charge on any atom is -0.375 e. The van der Waals surface area contributed by atoms with Crippen molar-refractivity contribution in [1.29, 1.82) is 0 Å².